The summed E-state index contributed by atoms with van der Waals surface area (Å²) in [6.07, 6.45) is 0. The maximum absolute atomic E-state index is 12.3. The van der Waals surface area contributed by atoms with E-state index in [1.807, 2.05) is 0 Å². The number of ether oxygens (including phenoxy) is 4. The van der Waals surface area contributed by atoms with E-state index in [0.29, 0.717) is 36.0 Å². The Hall–Kier alpha value is -3.82. The van der Waals surface area contributed by atoms with Gasteiger partial charge in [-0.1, -0.05) is 6.07 Å². The second-order valence-corrected chi connectivity index (χ2v) is 6.10. The third-order valence-electron chi connectivity index (χ3n) is 4.02. The summed E-state index contributed by atoms with van der Waals surface area (Å²) in [7, 11) is 1.42. The molecule has 1 aliphatic rings. The molecular formula is C19H18N2O8. The van der Waals surface area contributed by atoms with Gasteiger partial charge in [0.25, 0.3) is 11.6 Å². The highest BCUT2D eigenvalue weighted by Gasteiger charge is 2.22. The van der Waals surface area contributed by atoms with Crippen LogP contribution >= 0.6 is 0 Å². The summed E-state index contributed by atoms with van der Waals surface area (Å²) in [6, 6.07) is 7.22. The van der Waals surface area contributed by atoms with Crippen LogP contribution in [0.1, 0.15) is 15.9 Å². The highest BCUT2D eigenvalue weighted by atomic mass is 16.6. The highest BCUT2D eigenvalue weighted by molar-refractivity contribution is 5.97. The first-order chi connectivity index (χ1) is 13.9. The molecule has 0 fully saturated rings. The van der Waals surface area contributed by atoms with E-state index in [-0.39, 0.29) is 16.9 Å². The van der Waals surface area contributed by atoms with Crippen LogP contribution in [0.5, 0.6) is 17.2 Å². The van der Waals surface area contributed by atoms with Crippen molar-refractivity contribution < 1.29 is 33.5 Å². The molecule has 1 N–H and O–H groups in total. The van der Waals surface area contributed by atoms with E-state index in [2.05, 4.69) is 5.32 Å². The van der Waals surface area contributed by atoms with Crippen molar-refractivity contribution >= 4 is 23.3 Å². The molecule has 152 valence electrons. The number of benzene rings is 2. The van der Waals surface area contributed by atoms with Gasteiger partial charge in [0.1, 0.15) is 18.9 Å². The number of carbonyl (C=O) groups excluding carboxylic acids is 2. The molecule has 2 aromatic rings. The average Bonchev–Trinajstić information content (AvgIpc) is 2.72. The molecular weight excluding hydrogens is 384 g/mol. The van der Waals surface area contributed by atoms with Crippen molar-refractivity contribution in [3.05, 3.63) is 51.6 Å². The smallest absolute Gasteiger partial charge is 0.338 e. The van der Waals surface area contributed by atoms with Crippen molar-refractivity contribution in [2.75, 3.05) is 32.2 Å². The van der Waals surface area contributed by atoms with Gasteiger partial charge in [-0.15, -0.1) is 0 Å². The molecule has 10 heteroatoms. The number of rotatable bonds is 6. The minimum Gasteiger partial charge on any atom is -0.493 e. The normalized spacial score (nSPS) is 12.1. The number of carbonyl (C=O) groups is 2. The van der Waals surface area contributed by atoms with Crippen LogP contribution in [0.4, 0.5) is 11.4 Å². The van der Waals surface area contributed by atoms with Crippen LogP contribution in [0.15, 0.2) is 30.3 Å². The maximum Gasteiger partial charge on any atom is 0.338 e. The number of nitro benzene ring substituents is 1. The number of nitrogens with one attached hydrogen (secondary N) is 1. The minimum absolute atomic E-state index is 0.0163. The fourth-order valence-electron chi connectivity index (χ4n) is 2.69. The van der Waals surface area contributed by atoms with E-state index in [1.54, 1.807) is 13.0 Å². The topological polar surface area (TPSA) is 126 Å². The van der Waals surface area contributed by atoms with Crippen molar-refractivity contribution in [1.29, 1.82) is 0 Å². The first-order valence-corrected chi connectivity index (χ1v) is 8.58. The zero-order valence-corrected chi connectivity index (χ0v) is 15.7. The Morgan fingerprint density at radius 1 is 1.21 bits per heavy atom. The summed E-state index contributed by atoms with van der Waals surface area (Å²) in [5, 5.41) is 13.5. The largest absolute Gasteiger partial charge is 0.493 e. The summed E-state index contributed by atoms with van der Waals surface area (Å²) in [4.78, 5) is 34.9. The summed E-state index contributed by atoms with van der Waals surface area (Å²) in [5.74, 6) is -0.473. The Kier molecular flexibility index (Phi) is 5.82. The summed E-state index contributed by atoms with van der Waals surface area (Å²) >= 11 is 0. The summed E-state index contributed by atoms with van der Waals surface area (Å²) in [5.41, 5.74) is 0.554. The molecule has 1 heterocycles. The zero-order chi connectivity index (χ0) is 21.0. The number of fused-ring (bicyclic) bond motifs is 1. The Morgan fingerprint density at radius 2 is 1.97 bits per heavy atom. The van der Waals surface area contributed by atoms with Crippen LogP contribution in [0.2, 0.25) is 0 Å². The van der Waals surface area contributed by atoms with Crippen LogP contribution in [0.3, 0.4) is 0 Å². The molecule has 1 aliphatic heterocycles. The van der Waals surface area contributed by atoms with Gasteiger partial charge >= 0.3 is 5.97 Å². The van der Waals surface area contributed by atoms with Crippen LogP contribution in [0.25, 0.3) is 0 Å². The lowest BCUT2D eigenvalue weighted by molar-refractivity contribution is -0.384. The Morgan fingerprint density at radius 3 is 2.69 bits per heavy atom. The van der Waals surface area contributed by atoms with Gasteiger partial charge in [-0.25, -0.2) is 4.79 Å². The van der Waals surface area contributed by atoms with E-state index >= 15 is 0 Å². The Balaban J connectivity index is 1.67. The molecule has 0 bridgehead atoms. The SMILES string of the molecule is COc1cc(C(=O)OCC(=O)Nc2ccc(C)cc2[N+](=O)[O-])cc2c1OCCO2. The van der Waals surface area contributed by atoms with Crippen molar-refractivity contribution in [3.8, 4) is 17.2 Å². The fourth-order valence-corrected chi connectivity index (χ4v) is 2.69. The second kappa shape index (κ2) is 8.46. The molecule has 29 heavy (non-hydrogen) atoms. The molecule has 3 rings (SSSR count). The van der Waals surface area contributed by atoms with Crippen LogP contribution < -0.4 is 19.5 Å². The Bertz CT molecular complexity index is 956. The average molecular weight is 402 g/mol. The molecule has 0 aromatic heterocycles. The van der Waals surface area contributed by atoms with Crippen molar-refractivity contribution in [2.24, 2.45) is 0 Å². The molecule has 0 unspecified atom stereocenters. The van der Waals surface area contributed by atoms with Crippen molar-refractivity contribution in [3.63, 3.8) is 0 Å². The molecule has 0 radical (unpaired) electrons. The van der Waals surface area contributed by atoms with Gasteiger partial charge in [0, 0.05) is 6.07 Å². The van der Waals surface area contributed by atoms with Gasteiger partial charge in [-0.3, -0.25) is 14.9 Å². The summed E-state index contributed by atoms with van der Waals surface area (Å²) < 4.78 is 21.1. The zero-order valence-electron chi connectivity index (χ0n) is 15.7. The third-order valence-corrected chi connectivity index (χ3v) is 4.02. The predicted octanol–water partition coefficient (Wildman–Crippen LogP) is 2.48. The number of esters is 1. The fraction of sp³-hybridized carbons (Fsp3) is 0.263. The van der Waals surface area contributed by atoms with Gasteiger partial charge in [0.05, 0.1) is 17.6 Å². The highest BCUT2D eigenvalue weighted by Crippen LogP contribution is 2.40. The van der Waals surface area contributed by atoms with E-state index < -0.39 is 23.4 Å². The number of aryl methyl sites for hydroxylation is 1. The second-order valence-electron chi connectivity index (χ2n) is 6.10. The maximum atomic E-state index is 12.3. The van der Waals surface area contributed by atoms with E-state index in [0.717, 1.165) is 0 Å². The lowest BCUT2D eigenvalue weighted by Gasteiger charge is -2.21. The van der Waals surface area contributed by atoms with E-state index in [4.69, 9.17) is 18.9 Å². The lowest BCUT2D eigenvalue weighted by Crippen LogP contribution is -2.22. The van der Waals surface area contributed by atoms with Gasteiger partial charge in [-0.2, -0.15) is 0 Å². The lowest BCUT2D eigenvalue weighted by atomic mass is 10.1. The van der Waals surface area contributed by atoms with Crippen molar-refractivity contribution in [2.45, 2.75) is 6.92 Å². The quantitative estimate of drug-likeness (QED) is 0.444. The third kappa shape index (κ3) is 4.54. The van der Waals surface area contributed by atoms with Crippen molar-refractivity contribution in [1.82, 2.24) is 0 Å². The minimum atomic E-state index is -0.783. The number of nitro groups is 1. The predicted molar refractivity (Wildman–Crippen MR) is 101 cm³/mol. The van der Waals surface area contributed by atoms with Crippen LogP contribution in [-0.2, 0) is 9.53 Å². The number of anilines is 1. The molecule has 0 aliphatic carbocycles. The number of hydrogen-bond acceptors (Lipinski definition) is 8. The first kappa shape index (κ1) is 19.9. The summed E-state index contributed by atoms with van der Waals surface area (Å²) in [6.45, 7) is 1.76. The van der Waals surface area contributed by atoms with Gasteiger partial charge in [0.2, 0.25) is 5.75 Å². The van der Waals surface area contributed by atoms with E-state index in [9.17, 15) is 19.7 Å². The molecule has 0 atom stereocenters. The number of methoxy groups -OCH3 is 1. The molecule has 10 nitrogen and oxygen atoms in total. The van der Waals surface area contributed by atoms with E-state index in [1.165, 1.54) is 31.4 Å². The standard InChI is InChI=1S/C19H18N2O8/c1-11-3-4-13(14(7-11)21(24)25)20-17(22)10-29-19(23)12-8-15(26-2)18-16(9-12)27-5-6-28-18/h3-4,7-9H,5-6,10H2,1-2H3,(H,20,22). The van der Waals surface area contributed by atoms with Crippen LogP contribution in [-0.4, -0.2) is 43.7 Å². The van der Waals surface area contributed by atoms with Gasteiger partial charge < -0.3 is 24.3 Å². The number of amides is 1. The molecule has 1 amide bonds. The monoisotopic (exact) mass is 402 g/mol. The number of nitrogens with zero attached hydrogens (tertiary/aromatic N) is 1. The molecule has 2 aromatic carbocycles. The molecule has 0 spiro atoms. The Labute approximate surface area is 165 Å². The van der Waals surface area contributed by atoms with Gasteiger partial charge in [0.15, 0.2) is 18.1 Å². The molecule has 0 saturated carbocycles. The van der Waals surface area contributed by atoms with Gasteiger partial charge in [-0.05, 0) is 30.7 Å². The van der Waals surface area contributed by atoms with Crippen LogP contribution in [0, 0.1) is 17.0 Å². The first-order valence-electron chi connectivity index (χ1n) is 8.58. The number of hydrogen-bond donors (Lipinski definition) is 1. The molecule has 0 saturated heterocycles.